The fraction of sp³-hybridized carbons (Fsp3) is 0.125. The van der Waals surface area contributed by atoms with Crippen molar-refractivity contribution < 1.29 is 10.2 Å². The predicted octanol–water partition coefficient (Wildman–Crippen LogP) is 3.39. The lowest BCUT2D eigenvalue weighted by molar-refractivity contribution is 0.402. The van der Waals surface area contributed by atoms with Crippen molar-refractivity contribution in [2.45, 2.75) is 13.3 Å². The van der Waals surface area contributed by atoms with Gasteiger partial charge in [0.05, 0.1) is 11.6 Å². The lowest BCUT2D eigenvalue weighted by Gasteiger charge is -2.12. The highest BCUT2D eigenvalue weighted by atomic mass is 35.5. The zero-order valence-corrected chi connectivity index (χ0v) is 11.9. The van der Waals surface area contributed by atoms with Crippen LogP contribution >= 0.6 is 11.6 Å². The number of nitrogens with zero attached hydrogens (tertiary/aromatic N) is 2. The molecule has 0 amide bonds. The van der Waals surface area contributed by atoms with E-state index in [1.807, 2.05) is 25.1 Å². The van der Waals surface area contributed by atoms with E-state index in [4.69, 9.17) is 11.6 Å². The van der Waals surface area contributed by atoms with Crippen molar-refractivity contribution in [1.29, 1.82) is 10.5 Å². The number of aromatic hydroxyl groups is 2. The molecule has 0 radical (unpaired) electrons. The van der Waals surface area contributed by atoms with Crippen LogP contribution in [0.4, 0.5) is 0 Å². The molecule has 5 heteroatoms. The maximum Gasteiger partial charge on any atom is 0.175 e. The van der Waals surface area contributed by atoms with Gasteiger partial charge in [-0.2, -0.15) is 10.5 Å². The molecule has 0 atom stereocenters. The minimum atomic E-state index is -0.502. The van der Waals surface area contributed by atoms with Crippen molar-refractivity contribution in [2.75, 3.05) is 0 Å². The Labute approximate surface area is 127 Å². The summed E-state index contributed by atoms with van der Waals surface area (Å²) in [5.41, 5.74) is 2.28. The molecule has 0 saturated carbocycles. The summed E-state index contributed by atoms with van der Waals surface area (Å²) in [6, 6.07) is 10.3. The monoisotopic (exact) mass is 298 g/mol. The quantitative estimate of drug-likeness (QED) is 0.832. The number of aryl methyl sites for hydroxylation is 1. The molecular weight excluding hydrogens is 288 g/mol. The third kappa shape index (κ3) is 2.76. The van der Waals surface area contributed by atoms with Gasteiger partial charge in [-0.05, 0) is 35.7 Å². The van der Waals surface area contributed by atoms with Crippen molar-refractivity contribution >= 4 is 11.6 Å². The summed E-state index contributed by atoms with van der Waals surface area (Å²) in [4.78, 5) is 0. The second-order valence-corrected chi connectivity index (χ2v) is 5.05. The van der Waals surface area contributed by atoms with Gasteiger partial charge in [0.2, 0.25) is 0 Å². The molecule has 0 spiro atoms. The van der Waals surface area contributed by atoms with Crippen molar-refractivity contribution in [3.8, 4) is 23.6 Å². The van der Waals surface area contributed by atoms with Crippen LogP contribution < -0.4 is 0 Å². The van der Waals surface area contributed by atoms with Gasteiger partial charge in [0.1, 0.15) is 11.6 Å². The van der Waals surface area contributed by atoms with E-state index >= 15 is 0 Å². The number of hydrogen-bond acceptors (Lipinski definition) is 4. The highest BCUT2D eigenvalue weighted by Crippen LogP contribution is 2.35. The molecule has 0 aliphatic rings. The maximum atomic E-state index is 9.79. The van der Waals surface area contributed by atoms with Gasteiger partial charge in [0.15, 0.2) is 11.5 Å². The number of nitriles is 2. The van der Waals surface area contributed by atoms with Gasteiger partial charge in [-0.15, -0.1) is 0 Å². The molecule has 0 fully saturated rings. The van der Waals surface area contributed by atoms with E-state index < -0.39 is 11.5 Å². The van der Waals surface area contributed by atoms with Crippen molar-refractivity contribution in [3.05, 3.63) is 57.1 Å². The average Bonchev–Trinajstić information content (AvgIpc) is 2.45. The first-order chi connectivity index (χ1) is 9.97. The van der Waals surface area contributed by atoms with Crippen LogP contribution in [-0.4, -0.2) is 10.2 Å². The third-order valence-corrected chi connectivity index (χ3v) is 3.53. The molecule has 0 heterocycles. The Bertz CT molecular complexity index is 801. The second-order valence-electron chi connectivity index (χ2n) is 4.62. The Balaban J connectivity index is 2.61. The molecule has 4 nitrogen and oxygen atoms in total. The van der Waals surface area contributed by atoms with E-state index in [0.29, 0.717) is 17.0 Å². The van der Waals surface area contributed by atoms with Crippen LogP contribution in [0.15, 0.2) is 24.3 Å². The molecule has 2 N–H and O–H groups in total. The van der Waals surface area contributed by atoms with E-state index in [1.165, 1.54) is 0 Å². The maximum absolute atomic E-state index is 9.79. The number of halogens is 1. The van der Waals surface area contributed by atoms with Crippen LogP contribution in [0.25, 0.3) is 0 Å². The summed E-state index contributed by atoms with van der Waals surface area (Å²) >= 11 is 5.91. The number of benzene rings is 2. The molecule has 2 aromatic carbocycles. The first kappa shape index (κ1) is 14.7. The molecule has 0 bridgehead atoms. The van der Waals surface area contributed by atoms with Crippen LogP contribution in [0.1, 0.15) is 27.8 Å². The molecule has 0 saturated heterocycles. The van der Waals surface area contributed by atoms with Gasteiger partial charge in [-0.1, -0.05) is 17.7 Å². The van der Waals surface area contributed by atoms with Crippen molar-refractivity contribution in [2.24, 2.45) is 0 Å². The first-order valence-corrected chi connectivity index (χ1v) is 6.48. The summed E-state index contributed by atoms with van der Waals surface area (Å²) in [7, 11) is 0. The highest BCUT2D eigenvalue weighted by molar-refractivity contribution is 6.30. The van der Waals surface area contributed by atoms with Crippen LogP contribution in [-0.2, 0) is 6.42 Å². The topological polar surface area (TPSA) is 88.0 Å². The lowest BCUT2D eigenvalue weighted by Crippen LogP contribution is -1.99. The Morgan fingerprint density at radius 2 is 1.86 bits per heavy atom. The number of phenolic OH excluding ortho intramolecular Hbond substituents is 2. The minimum Gasteiger partial charge on any atom is -0.504 e. The summed E-state index contributed by atoms with van der Waals surface area (Å²) in [6.07, 6.45) is 0.294. The van der Waals surface area contributed by atoms with Crippen LogP contribution in [0.2, 0.25) is 5.02 Å². The van der Waals surface area contributed by atoms with Crippen LogP contribution in [0, 0.1) is 29.6 Å². The highest BCUT2D eigenvalue weighted by Gasteiger charge is 2.18. The molecule has 2 aromatic rings. The average molecular weight is 299 g/mol. The van der Waals surface area contributed by atoms with Gasteiger partial charge in [-0.25, -0.2) is 0 Å². The molecule has 0 aliphatic carbocycles. The Kier molecular flexibility index (Phi) is 4.03. The Morgan fingerprint density at radius 1 is 1.14 bits per heavy atom. The van der Waals surface area contributed by atoms with E-state index in [2.05, 4.69) is 0 Å². The zero-order chi connectivity index (χ0) is 15.6. The summed E-state index contributed by atoms with van der Waals surface area (Å²) in [6.45, 7) is 1.87. The Morgan fingerprint density at radius 3 is 2.43 bits per heavy atom. The second kappa shape index (κ2) is 5.75. The summed E-state index contributed by atoms with van der Waals surface area (Å²) < 4.78 is 0. The summed E-state index contributed by atoms with van der Waals surface area (Å²) in [5.74, 6) is -0.974. The van der Waals surface area contributed by atoms with E-state index in [9.17, 15) is 20.7 Å². The number of rotatable bonds is 2. The number of phenols is 2. The Hall–Kier alpha value is -2.69. The van der Waals surface area contributed by atoms with E-state index in [-0.39, 0.29) is 11.1 Å². The fourth-order valence-electron chi connectivity index (χ4n) is 2.15. The molecule has 2 rings (SSSR count). The van der Waals surface area contributed by atoms with Crippen LogP contribution in [0.3, 0.4) is 0 Å². The smallest absolute Gasteiger partial charge is 0.175 e. The molecular formula is C16H11ClN2O2. The molecule has 0 aliphatic heterocycles. The molecule has 0 unspecified atom stereocenters. The minimum absolute atomic E-state index is 0.0825. The van der Waals surface area contributed by atoms with Crippen molar-refractivity contribution in [1.82, 2.24) is 0 Å². The molecule has 104 valence electrons. The van der Waals surface area contributed by atoms with Gasteiger partial charge in [-0.3, -0.25) is 0 Å². The van der Waals surface area contributed by atoms with E-state index in [1.54, 1.807) is 12.1 Å². The van der Waals surface area contributed by atoms with Gasteiger partial charge >= 0.3 is 0 Å². The molecule has 0 aromatic heterocycles. The normalized spacial score (nSPS) is 9.90. The van der Waals surface area contributed by atoms with Crippen LogP contribution in [0.5, 0.6) is 11.5 Å². The van der Waals surface area contributed by atoms with Crippen molar-refractivity contribution in [3.63, 3.8) is 0 Å². The third-order valence-electron chi connectivity index (χ3n) is 3.29. The van der Waals surface area contributed by atoms with Gasteiger partial charge < -0.3 is 10.2 Å². The standard InChI is InChI=1S/C16H11ClN2O2/c1-9-4-12(17)3-2-10(9)5-13-11(7-18)6-15(20)16(21)14(13)8-19/h2-4,6,20-21H,5H2,1H3. The summed E-state index contributed by atoms with van der Waals surface area (Å²) in [5, 5.41) is 38.3. The lowest BCUT2D eigenvalue weighted by atomic mass is 9.93. The molecule has 21 heavy (non-hydrogen) atoms. The largest absolute Gasteiger partial charge is 0.504 e. The van der Waals surface area contributed by atoms with E-state index in [0.717, 1.165) is 17.2 Å². The number of hydrogen-bond donors (Lipinski definition) is 2. The first-order valence-electron chi connectivity index (χ1n) is 6.11. The predicted molar refractivity (Wildman–Crippen MR) is 78.2 cm³/mol. The SMILES string of the molecule is Cc1cc(Cl)ccc1Cc1c(C#N)cc(O)c(O)c1C#N. The fourth-order valence-corrected chi connectivity index (χ4v) is 2.38. The van der Waals surface area contributed by atoms with Gasteiger partial charge in [0.25, 0.3) is 0 Å². The zero-order valence-electron chi connectivity index (χ0n) is 11.2. The van der Waals surface area contributed by atoms with Gasteiger partial charge in [0, 0.05) is 17.5 Å².